The van der Waals surface area contributed by atoms with Crippen molar-refractivity contribution in [2.45, 2.75) is 57.9 Å². The number of thioether (sulfide) groups is 1. The average molecular weight is 244 g/mol. The second kappa shape index (κ2) is 6.27. The van der Waals surface area contributed by atoms with Crippen LogP contribution in [0.3, 0.4) is 0 Å². The Hall–Kier alpha value is 0.270. The van der Waals surface area contributed by atoms with Crippen molar-refractivity contribution < 1.29 is 0 Å². The molecular weight excluding hydrogens is 216 g/mol. The van der Waals surface area contributed by atoms with Crippen molar-refractivity contribution >= 4 is 11.8 Å². The standard InChI is InChI=1S/C13H28N2S/c1-11(2)15-8-6-12(10-15)14-7-9-16-13(3,4)5/h11-12,14H,6-10H2,1-5H3. The van der Waals surface area contributed by atoms with E-state index in [1.54, 1.807) is 0 Å². The van der Waals surface area contributed by atoms with Gasteiger partial charge in [0.05, 0.1) is 0 Å². The zero-order valence-electron chi connectivity index (χ0n) is 11.5. The molecule has 3 heteroatoms. The van der Waals surface area contributed by atoms with Gasteiger partial charge in [-0.2, -0.15) is 11.8 Å². The second-order valence-electron chi connectivity index (χ2n) is 5.99. The fraction of sp³-hybridized carbons (Fsp3) is 1.00. The van der Waals surface area contributed by atoms with Crippen molar-refractivity contribution in [1.82, 2.24) is 10.2 Å². The summed E-state index contributed by atoms with van der Waals surface area (Å²) in [5.41, 5.74) is 0. The fourth-order valence-electron chi connectivity index (χ4n) is 2.04. The highest BCUT2D eigenvalue weighted by molar-refractivity contribution is 8.00. The van der Waals surface area contributed by atoms with E-state index < -0.39 is 0 Å². The molecule has 0 aromatic carbocycles. The summed E-state index contributed by atoms with van der Waals surface area (Å²) in [5, 5.41) is 3.68. The minimum atomic E-state index is 0.404. The molecule has 1 fully saturated rings. The molecule has 0 aliphatic carbocycles. The predicted octanol–water partition coefficient (Wildman–Crippen LogP) is 2.59. The van der Waals surface area contributed by atoms with Crippen LogP contribution in [0.1, 0.15) is 41.0 Å². The topological polar surface area (TPSA) is 15.3 Å². The van der Waals surface area contributed by atoms with Crippen LogP contribution in [-0.4, -0.2) is 47.1 Å². The van der Waals surface area contributed by atoms with Gasteiger partial charge >= 0.3 is 0 Å². The summed E-state index contributed by atoms with van der Waals surface area (Å²) in [5.74, 6) is 1.22. The summed E-state index contributed by atoms with van der Waals surface area (Å²) < 4.78 is 0.404. The lowest BCUT2D eigenvalue weighted by atomic mass is 10.2. The van der Waals surface area contributed by atoms with E-state index in [4.69, 9.17) is 0 Å². The summed E-state index contributed by atoms with van der Waals surface area (Å²) in [7, 11) is 0. The number of hydrogen-bond donors (Lipinski definition) is 1. The largest absolute Gasteiger partial charge is 0.312 e. The molecule has 16 heavy (non-hydrogen) atoms. The van der Waals surface area contributed by atoms with Gasteiger partial charge in [-0.25, -0.2) is 0 Å². The molecule has 0 aromatic rings. The third-order valence-electron chi connectivity index (χ3n) is 3.02. The number of nitrogens with one attached hydrogen (secondary N) is 1. The van der Waals surface area contributed by atoms with Gasteiger partial charge in [-0.1, -0.05) is 20.8 Å². The fourth-order valence-corrected chi connectivity index (χ4v) is 2.88. The van der Waals surface area contributed by atoms with E-state index in [0.717, 1.165) is 12.6 Å². The first-order valence-electron chi connectivity index (χ1n) is 6.50. The van der Waals surface area contributed by atoms with Crippen LogP contribution in [0.25, 0.3) is 0 Å². The summed E-state index contributed by atoms with van der Waals surface area (Å²) >= 11 is 2.05. The van der Waals surface area contributed by atoms with Gasteiger partial charge in [-0.05, 0) is 26.8 Å². The molecule has 96 valence electrons. The average Bonchev–Trinajstić information content (AvgIpc) is 2.59. The van der Waals surface area contributed by atoms with Crippen molar-refractivity contribution in [1.29, 1.82) is 0 Å². The van der Waals surface area contributed by atoms with Crippen LogP contribution in [0.4, 0.5) is 0 Å². The van der Waals surface area contributed by atoms with E-state index in [0.29, 0.717) is 10.8 Å². The lowest BCUT2D eigenvalue weighted by molar-refractivity contribution is 0.268. The number of nitrogens with zero attached hydrogens (tertiary/aromatic N) is 1. The van der Waals surface area contributed by atoms with E-state index in [2.05, 4.69) is 44.8 Å². The first-order valence-corrected chi connectivity index (χ1v) is 7.48. The van der Waals surface area contributed by atoms with E-state index in [1.165, 1.54) is 25.3 Å². The van der Waals surface area contributed by atoms with Crippen LogP contribution < -0.4 is 5.32 Å². The third-order valence-corrected chi connectivity index (χ3v) is 4.29. The van der Waals surface area contributed by atoms with Gasteiger partial charge in [-0.3, -0.25) is 4.90 Å². The van der Waals surface area contributed by atoms with Crippen LogP contribution in [-0.2, 0) is 0 Å². The highest BCUT2D eigenvalue weighted by atomic mass is 32.2. The molecule has 1 saturated heterocycles. The number of rotatable bonds is 5. The molecular formula is C13H28N2S. The van der Waals surface area contributed by atoms with Gasteiger partial charge in [-0.15, -0.1) is 0 Å². The Kier molecular flexibility index (Phi) is 5.62. The van der Waals surface area contributed by atoms with Crippen LogP contribution in [0, 0.1) is 0 Å². The van der Waals surface area contributed by atoms with Crippen molar-refractivity contribution in [3.63, 3.8) is 0 Å². The van der Waals surface area contributed by atoms with Crippen molar-refractivity contribution in [3.8, 4) is 0 Å². The number of hydrogen-bond acceptors (Lipinski definition) is 3. The molecule has 1 unspecified atom stereocenters. The number of likely N-dealkylation sites (tertiary alicyclic amines) is 1. The molecule has 0 saturated carbocycles. The van der Waals surface area contributed by atoms with Crippen molar-refractivity contribution in [3.05, 3.63) is 0 Å². The molecule has 1 aliphatic heterocycles. The SMILES string of the molecule is CC(C)N1CCC(NCCSC(C)(C)C)C1. The zero-order valence-corrected chi connectivity index (χ0v) is 12.4. The van der Waals surface area contributed by atoms with Crippen molar-refractivity contribution in [2.24, 2.45) is 0 Å². The highest BCUT2D eigenvalue weighted by Gasteiger charge is 2.23. The maximum atomic E-state index is 3.68. The summed E-state index contributed by atoms with van der Waals surface area (Å²) in [4.78, 5) is 2.56. The molecule has 0 aromatic heterocycles. The quantitative estimate of drug-likeness (QED) is 0.748. The molecule has 2 nitrogen and oxygen atoms in total. The lowest BCUT2D eigenvalue weighted by Gasteiger charge is -2.21. The Bertz CT molecular complexity index is 199. The van der Waals surface area contributed by atoms with E-state index >= 15 is 0 Å². The predicted molar refractivity (Wildman–Crippen MR) is 75.3 cm³/mol. The van der Waals surface area contributed by atoms with Gasteiger partial charge in [0.15, 0.2) is 0 Å². The van der Waals surface area contributed by atoms with E-state index in [-0.39, 0.29) is 0 Å². The Labute approximate surface area is 106 Å². The molecule has 1 atom stereocenters. The minimum Gasteiger partial charge on any atom is -0.312 e. The molecule has 1 heterocycles. The van der Waals surface area contributed by atoms with Gasteiger partial charge in [0.25, 0.3) is 0 Å². The van der Waals surface area contributed by atoms with Crippen LogP contribution in [0.2, 0.25) is 0 Å². The van der Waals surface area contributed by atoms with E-state index in [1.807, 2.05) is 11.8 Å². The second-order valence-corrected chi connectivity index (χ2v) is 7.91. The maximum absolute atomic E-state index is 3.68. The third kappa shape index (κ3) is 5.55. The smallest absolute Gasteiger partial charge is 0.0207 e. The van der Waals surface area contributed by atoms with Gasteiger partial charge < -0.3 is 5.32 Å². The van der Waals surface area contributed by atoms with Crippen molar-refractivity contribution in [2.75, 3.05) is 25.4 Å². The molecule has 1 N–H and O–H groups in total. The van der Waals surface area contributed by atoms with Gasteiger partial charge in [0.2, 0.25) is 0 Å². The van der Waals surface area contributed by atoms with Crippen LogP contribution >= 0.6 is 11.8 Å². The zero-order chi connectivity index (χ0) is 12.2. The first kappa shape index (κ1) is 14.3. The summed E-state index contributed by atoms with van der Waals surface area (Å²) in [6, 6.07) is 1.43. The Balaban J connectivity index is 2.07. The highest BCUT2D eigenvalue weighted by Crippen LogP contribution is 2.22. The molecule has 0 bridgehead atoms. The van der Waals surface area contributed by atoms with Gasteiger partial charge in [0.1, 0.15) is 0 Å². The molecule has 0 spiro atoms. The molecule has 1 aliphatic rings. The van der Waals surface area contributed by atoms with Crippen LogP contribution in [0.15, 0.2) is 0 Å². The van der Waals surface area contributed by atoms with Gasteiger partial charge in [0, 0.05) is 35.7 Å². The Morgan fingerprint density at radius 2 is 2.06 bits per heavy atom. The normalized spacial score (nSPS) is 23.2. The molecule has 0 amide bonds. The Morgan fingerprint density at radius 3 is 2.56 bits per heavy atom. The minimum absolute atomic E-state index is 0.404. The first-order chi connectivity index (χ1) is 7.38. The summed E-state index contributed by atoms with van der Waals surface area (Å²) in [6.07, 6.45) is 1.32. The van der Waals surface area contributed by atoms with E-state index in [9.17, 15) is 0 Å². The summed E-state index contributed by atoms with van der Waals surface area (Å²) in [6.45, 7) is 15.1. The monoisotopic (exact) mass is 244 g/mol. The maximum Gasteiger partial charge on any atom is 0.0207 e. The lowest BCUT2D eigenvalue weighted by Crippen LogP contribution is -2.36. The molecule has 0 radical (unpaired) electrons. The Morgan fingerprint density at radius 1 is 1.38 bits per heavy atom. The molecule has 1 rings (SSSR count). The van der Waals surface area contributed by atoms with Crippen LogP contribution in [0.5, 0.6) is 0 Å².